The normalized spacial score (nSPS) is 11.3. The van der Waals surface area contributed by atoms with E-state index in [1.807, 2.05) is 56.3 Å². The first-order valence-corrected chi connectivity index (χ1v) is 12.2. The van der Waals surface area contributed by atoms with Gasteiger partial charge in [0, 0.05) is 31.8 Å². The summed E-state index contributed by atoms with van der Waals surface area (Å²) in [7, 11) is -3.72. The topological polar surface area (TPSA) is 97.4 Å². The summed E-state index contributed by atoms with van der Waals surface area (Å²) in [6.07, 6.45) is 1.68. The number of aryl methyl sites for hydroxylation is 2. The van der Waals surface area contributed by atoms with Crippen LogP contribution >= 0.6 is 0 Å². The molecule has 0 saturated heterocycles. The summed E-state index contributed by atoms with van der Waals surface area (Å²) in [5.41, 5.74) is 4.15. The van der Waals surface area contributed by atoms with E-state index in [0.717, 1.165) is 27.8 Å². The van der Waals surface area contributed by atoms with Crippen molar-refractivity contribution >= 4 is 15.9 Å². The molecule has 2 N–H and O–H groups in total. The van der Waals surface area contributed by atoms with Gasteiger partial charge in [0.25, 0.3) is 0 Å². The number of rotatable bonds is 9. The summed E-state index contributed by atoms with van der Waals surface area (Å²) in [6.45, 7) is 7.71. The molecule has 7 nitrogen and oxygen atoms in total. The number of benzene rings is 2. The Morgan fingerprint density at radius 1 is 0.970 bits per heavy atom. The van der Waals surface area contributed by atoms with Gasteiger partial charge in [-0.05, 0) is 73.7 Å². The van der Waals surface area contributed by atoms with Gasteiger partial charge in [0.05, 0.1) is 4.90 Å². The fourth-order valence-electron chi connectivity index (χ4n) is 3.49. The first-order valence-electron chi connectivity index (χ1n) is 10.7. The highest BCUT2D eigenvalue weighted by molar-refractivity contribution is 7.89. The Morgan fingerprint density at radius 3 is 2.36 bits per heavy atom. The fourth-order valence-corrected chi connectivity index (χ4v) is 5.13. The van der Waals surface area contributed by atoms with Crippen molar-refractivity contribution in [1.82, 2.24) is 15.0 Å². The van der Waals surface area contributed by atoms with E-state index in [1.54, 1.807) is 26.1 Å². The Bertz CT molecular complexity index is 1220. The molecule has 3 rings (SSSR count). The molecule has 0 atom stereocenters. The third kappa shape index (κ3) is 6.40. The predicted octanol–water partition coefficient (Wildman–Crippen LogP) is 4.09. The molecule has 3 aromatic rings. The maximum Gasteiger partial charge on any atom is 0.241 e. The molecule has 174 valence electrons. The first kappa shape index (κ1) is 24.4. The predicted molar refractivity (Wildman–Crippen MR) is 128 cm³/mol. The number of hydrogen-bond donors (Lipinski definition) is 2. The molecule has 0 aliphatic heterocycles. The lowest BCUT2D eigenvalue weighted by atomic mass is 10.0. The zero-order chi connectivity index (χ0) is 24.0. The van der Waals surface area contributed by atoms with Crippen LogP contribution in [0.1, 0.15) is 34.2 Å². The Hall–Kier alpha value is -3.23. The molecule has 33 heavy (non-hydrogen) atoms. The van der Waals surface area contributed by atoms with Gasteiger partial charge in [-0.1, -0.05) is 24.3 Å². The summed E-state index contributed by atoms with van der Waals surface area (Å²) in [4.78, 5) is 16.7. The van der Waals surface area contributed by atoms with Crippen molar-refractivity contribution < 1.29 is 17.9 Å². The van der Waals surface area contributed by atoms with Crippen LogP contribution in [0.2, 0.25) is 0 Å². The van der Waals surface area contributed by atoms with E-state index in [9.17, 15) is 13.2 Å². The molecule has 8 heteroatoms. The Kier molecular flexibility index (Phi) is 7.84. The molecule has 0 fully saturated rings. The molecule has 0 bridgehead atoms. The van der Waals surface area contributed by atoms with Crippen molar-refractivity contribution in [2.24, 2.45) is 0 Å². The molecular formula is C25H29N3O4S. The van der Waals surface area contributed by atoms with Gasteiger partial charge in [-0.15, -0.1) is 0 Å². The Balaban J connectivity index is 1.53. The minimum atomic E-state index is -3.72. The van der Waals surface area contributed by atoms with Crippen LogP contribution in [0, 0.1) is 27.7 Å². The third-order valence-electron chi connectivity index (χ3n) is 5.46. The van der Waals surface area contributed by atoms with Crippen molar-refractivity contribution in [3.8, 4) is 11.6 Å². The molecule has 0 saturated carbocycles. The standard InChI is InChI=1S/C25H29N3O4S/c1-17-14-18(2)20(4)25(19(17)3)33(30,31)28-13-11-23(29)27-16-21-8-7-9-22(15-21)32-24-10-5-6-12-26-24/h5-10,12,14-15,28H,11,13,16H2,1-4H3,(H,27,29). The number of carbonyl (C=O) groups is 1. The number of carbonyl (C=O) groups excluding carboxylic acids is 1. The van der Waals surface area contributed by atoms with Crippen molar-refractivity contribution in [2.75, 3.05) is 6.54 Å². The van der Waals surface area contributed by atoms with Crippen LogP contribution in [0.4, 0.5) is 0 Å². The van der Waals surface area contributed by atoms with Gasteiger partial charge in [-0.25, -0.2) is 18.1 Å². The summed E-state index contributed by atoms with van der Waals surface area (Å²) >= 11 is 0. The van der Waals surface area contributed by atoms with Crippen LogP contribution in [-0.2, 0) is 21.4 Å². The molecule has 1 aromatic heterocycles. The van der Waals surface area contributed by atoms with Gasteiger partial charge in [-0.3, -0.25) is 4.79 Å². The Morgan fingerprint density at radius 2 is 1.70 bits per heavy atom. The first-order chi connectivity index (χ1) is 15.7. The van der Waals surface area contributed by atoms with E-state index in [4.69, 9.17) is 4.74 Å². The number of nitrogens with zero attached hydrogens (tertiary/aromatic N) is 1. The zero-order valence-corrected chi connectivity index (χ0v) is 20.1. The van der Waals surface area contributed by atoms with Crippen molar-refractivity contribution in [3.05, 3.63) is 82.5 Å². The lowest BCUT2D eigenvalue weighted by Gasteiger charge is -2.16. The average molecular weight is 468 g/mol. The second-order valence-corrected chi connectivity index (χ2v) is 9.64. The summed E-state index contributed by atoms with van der Waals surface area (Å²) in [5.74, 6) is 0.857. The van der Waals surface area contributed by atoms with Crippen LogP contribution in [0.3, 0.4) is 0 Å². The van der Waals surface area contributed by atoms with Crippen LogP contribution in [0.25, 0.3) is 0 Å². The maximum absolute atomic E-state index is 12.9. The van der Waals surface area contributed by atoms with Gasteiger partial charge < -0.3 is 10.1 Å². The van der Waals surface area contributed by atoms with Crippen molar-refractivity contribution in [1.29, 1.82) is 0 Å². The number of hydrogen-bond acceptors (Lipinski definition) is 5. The number of aromatic nitrogens is 1. The largest absolute Gasteiger partial charge is 0.439 e. The quantitative estimate of drug-likeness (QED) is 0.494. The number of pyridine rings is 1. The van der Waals surface area contributed by atoms with E-state index >= 15 is 0 Å². The lowest BCUT2D eigenvalue weighted by molar-refractivity contribution is -0.121. The molecule has 1 amide bonds. The zero-order valence-electron chi connectivity index (χ0n) is 19.3. The van der Waals surface area contributed by atoms with E-state index in [2.05, 4.69) is 15.0 Å². The minimum Gasteiger partial charge on any atom is -0.439 e. The molecule has 2 aromatic carbocycles. The monoisotopic (exact) mass is 467 g/mol. The van der Waals surface area contributed by atoms with E-state index in [1.165, 1.54) is 0 Å². The molecule has 0 unspecified atom stereocenters. The van der Waals surface area contributed by atoms with Crippen LogP contribution in [-0.4, -0.2) is 25.9 Å². The second-order valence-electron chi connectivity index (χ2n) is 7.93. The molecule has 1 heterocycles. The molecule has 0 aliphatic rings. The fraction of sp³-hybridized carbons (Fsp3) is 0.280. The third-order valence-corrected chi connectivity index (χ3v) is 7.19. The Labute approximate surface area is 195 Å². The van der Waals surface area contributed by atoms with Crippen LogP contribution in [0.15, 0.2) is 59.6 Å². The SMILES string of the molecule is Cc1cc(C)c(C)c(S(=O)(=O)NCCC(=O)NCc2cccc(Oc3ccccn3)c2)c1C. The van der Waals surface area contributed by atoms with E-state index in [-0.39, 0.29) is 18.9 Å². The van der Waals surface area contributed by atoms with Crippen LogP contribution in [0.5, 0.6) is 11.6 Å². The maximum atomic E-state index is 12.9. The van der Waals surface area contributed by atoms with Crippen LogP contribution < -0.4 is 14.8 Å². The number of amides is 1. The molecule has 0 aliphatic carbocycles. The van der Waals surface area contributed by atoms with Gasteiger partial charge >= 0.3 is 0 Å². The smallest absolute Gasteiger partial charge is 0.241 e. The number of ether oxygens (including phenoxy) is 1. The van der Waals surface area contributed by atoms with Gasteiger partial charge in [-0.2, -0.15) is 0 Å². The van der Waals surface area contributed by atoms with E-state index < -0.39 is 10.0 Å². The summed E-state index contributed by atoms with van der Waals surface area (Å²) < 4.78 is 34.0. The second kappa shape index (κ2) is 10.6. The molecule has 0 spiro atoms. The molecule has 0 radical (unpaired) electrons. The van der Waals surface area contributed by atoms with E-state index in [0.29, 0.717) is 23.1 Å². The number of sulfonamides is 1. The van der Waals surface area contributed by atoms with Crippen molar-refractivity contribution in [3.63, 3.8) is 0 Å². The lowest BCUT2D eigenvalue weighted by Crippen LogP contribution is -2.31. The number of nitrogens with one attached hydrogen (secondary N) is 2. The van der Waals surface area contributed by atoms with Gasteiger partial charge in [0.1, 0.15) is 5.75 Å². The average Bonchev–Trinajstić information content (AvgIpc) is 2.77. The summed E-state index contributed by atoms with van der Waals surface area (Å²) in [6, 6.07) is 14.7. The minimum absolute atomic E-state index is 0.0167. The van der Waals surface area contributed by atoms with Crippen molar-refractivity contribution in [2.45, 2.75) is 45.6 Å². The van der Waals surface area contributed by atoms with Gasteiger partial charge in [0.15, 0.2) is 0 Å². The van der Waals surface area contributed by atoms with Gasteiger partial charge in [0.2, 0.25) is 21.8 Å². The molecular weight excluding hydrogens is 438 g/mol. The highest BCUT2D eigenvalue weighted by atomic mass is 32.2. The highest BCUT2D eigenvalue weighted by Crippen LogP contribution is 2.26. The summed E-state index contributed by atoms with van der Waals surface area (Å²) in [5, 5.41) is 2.81. The highest BCUT2D eigenvalue weighted by Gasteiger charge is 2.21.